The Morgan fingerprint density at radius 1 is 1.12 bits per heavy atom. The minimum atomic E-state index is -0.650. The van der Waals surface area contributed by atoms with Gasteiger partial charge in [-0.05, 0) is 73.1 Å². The van der Waals surface area contributed by atoms with Gasteiger partial charge in [-0.15, -0.1) is 0 Å². The quantitative estimate of drug-likeness (QED) is 0.288. The van der Waals surface area contributed by atoms with Gasteiger partial charge in [-0.25, -0.2) is 8.78 Å². The third-order valence-electron chi connectivity index (χ3n) is 8.12. The molecule has 1 unspecified atom stereocenters. The van der Waals surface area contributed by atoms with Gasteiger partial charge < -0.3 is 24.6 Å². The maximum absolute atomic E-state index is 14.3. The second kappa shape index (κ2) is 12.5. The number of anilines is 1. The van der Waals surface area contributed by atoms with Crippen LogP contribution in [-0.4, -0.2) is 49.5 Å². The summed E-state index contributed by atoms with van der Waals surface area (Å²) in [6, 6.07) is 14.6. The minimum Gasteiger partial charge on any atom is -0.494 e. The smallest absolute Gasteiger partial charge is 0.230 e. The highest BCUT2D eigenvalue weighted by molar-refractivity contribution is 6.42. The average molecular weight is 617 g/mol. The van der Waals surface area contributed by atoms with Crippen LogP contribution >= 0.6 is 23.2 Å². The molecule has 5 rings (SSSR count). The number of hydrogen-bond donors (Lipinski definition) is 1. The van der Waals surface area contributed by atoms with Gasteiger partial charge in [-0.1, -0.05) is 35.3 Å². The monoisotopic (exact) mass is 615 g/mol. The lowest BCUT2D eigenvalue weighted by Crippen LogP contribution is -2.47. The molecule has 1 atom stereocenters. The van der Waals surface area contributed by atoms with Crippen LogP contribution in [0.5, 0.6) is 5.75 Å². The first-order valence-electron chi connectivity index (χ1n) is 13.8. The molecule has 3 aromatic carbocycles. The lowest BCUT2D eigenvalue weighted by atomic mass is 9.82. The number of amides is 1. The largest absolute Gasteiger partial charge is 0.494 e. The number of benzene rings is 3. The van der Waals surface area contributed by atoms with Crippen molar-refractivity contribution in [2.24, 2.45) is 0 Å². The summed E-state index contributed by atoms with van der Waals surface area (Å²) >= 11 is 12.5. The Hall–Kier alpha value is -3.33. The Morgan fingerprint density at radius 3 is 2.57 bits per heavy atom. The maximum Gasteiger partial charge on any atom is 0.230 e. The molecule has 0 saturated carbocycles. The molecule has 6 nitrogen and oxygen atoms in total. The summed E-state index contributed by atoms with van der Waals surface area (Å²) in [4.78, 5) is 17.7. The fourth-order valence-electron chi connectivity index (χ4n) is 5.88. The molecule has 3 aromatic rings. The van der Waals surface area contributed by atoms with Crippen molar-refractivity contribution in [2.45, 2.75) is 37.3 Å². The number of piperidine rings is 1. The van der Waals surface area contributed by atoms with Gasteiger partial charge >= 0.3 is 0 Å². The number of hydrogen-bond acceptors (Lipinski definition) is 5. The predicted molar refractivity (Wildman–Crippen MR) is 161 cm³/mol. The standard InChI is InChI=1S/C32H33Cl2F2N3O3/c1-20-37-29-8-6-23(35)18-25(29)32(42-20)11-14-39(15-12-32)13-10-24(22-5-7-26(33)27(34)17-22)31(40)38(2)19-21-4-9-30(41-3)28(36)16-21/h4-9,16-18,24,37H,1,10-15,19H2,2-3H3. The van der Waals surface area contributed by atoms with Crippen molar-refractivity contribution in [3.8, 4) is 5.75 Å². The summed E-state index contributed by atoms with van der Waals surface area (Å²) in [6.45, 7) is 6.24. The highest BCUT2D eigenvalue weighted by Gasteiger charge is 2.43. The van der Waals surface area contributed by atoms with E-state index in [0.717, 1.165) is 16.8 Å². The second-order valence-electron chi connectivity index (χ2n) is 10.9. The van der Waals surface area contributed by atoms with Gasteiger partial charge in [0.05, 0.1) is 23.1 Å². The SMILES string of the molecule is C=C1Nc2ccc(F)cc2C2(CCN(CCC(C(=O)N(C)Cc3ccc(OC)c(F)c3)c3ccc(Cl)c(Cl)c3)CC2)O1. The topological polar surface area (TPSA) is 54.0 Å². The van der Waals surface area contributed by atoms with Crippen LogP contribution in [0.25, 0.3) is 0 Å². The Labute approximate surface area is 254 Å². The van der Waals surface area contributed by atoms with Crippen molar-refractivity contribution in [1.82, 2.24) is 9.80 Å². The van der Waals surface area contributed by atoms with E-state index >= 15 is 0 Å². The van der Waals surface area contributed by atoms with E-state index in [2.05, 4.69) is 16.8 Å². The lowest BCUT2D eigenvalue weighted by Gasteiger charge is -2.46. The molecular formula is C32H33Cl2F2N3O3. The molecular weight excluding hydrogens is 583 g/mol. The molecule has 1 spiro atoms. The van der Waals surface area contributed by atoms with E-state index in [0.29, 0.717) is 60.4 Å². The first-order valence-corrected chi connectivity index (χ1v) is 14.5. The fraction of sp³-hybridized carbons (Fsp3) is 0.344. The normalized spacial score (nSPS) is 16.8. The van der Waals surface area contributed by atoms with Crippen molar-refractivity contribution < 1.29 is 23.0 Å². The van der Waals surface area contributed by atoms with Crippen molar-refractivity contribution in [2.75, 3.05) is 39.1 Å². The Balaban J connectivity index is 1.29. The molecule has 0 radical (unpaired) electrons. The van der Waals surface area contributed by atoms with Gasteiger partial charge in [0.15, 0.2) is 17.4 Å². The first-order chi connectivity index (χ1) is 20.1. The number of likely N-dealkylation sites (tertiary alicyclic amines) is 1. The Bertz CT molecular complexity index is 1490. The van der Waals surface area contributed by atoms with Gasteiger partial charge in [0, 0.05) is 50.8 Å². The van der Waals surface area contributed by atoms with E-state index in [1.165, 1.54) is 25.3 Å². The number of nitrogens with one attached hydrogen (secondary N) is 1. The molecule has 2 heterocycles. The van der Waals surface area contributed by atoms with Crippen molar-refractivity contribution in [1.29, 1.82) is 0 Å². The van der Waals surface area contributed by atoms with Crippen molar-refractivity contribution >= 4 is 34.8 Å². The van der Waals surface area contributed by atoms with Crippen LogP contribution in [0.4, 0.5) is 14.5 Å². The second-order valence-corrected chi connectivity index (χ2v) is 11.7. The zero-order valence-corrected chi connectivity index (χ0v) is 25.1. The summed E-state index contributed by atoms with van der Waals surface area (Å²) in [5.74, 6) is -0.788. The molecule has 0 bridgehead atoms. The van der Waals surface area contributed by atoms with Gasteiger partial charge in [0.2, 0.25) is 5.91 Å². The van der Waals surface area contributed by atoms with Crippen LogP contribution in [-0.2, 0) is 21.7 Å². The third-order valence-corrected chi connectivity index (χ3v) is 8.86. The van der Waals surface area contributed by atoms with Gasteiger partial charge in [-0.3, -0.25) is 4.79 Å². The molecule has 10 heteroatoms. The average Bonchev–Trinajstić information content (AvgIpc) is 2.96. The molecule has 42 heavy (non-hydrogen) atoms. The lowest BCUT2D eigenvalue weighted by molar-refractivity contribution is -0.132. The fourth-order valence-corrected chi connectivity index (χ4v) is 6.18. The number of nitrogens with zero attached hydrogens (tertiary/aromatic N) is 2. The number of methoxy groups -OCH3 is 1. The van der Waals surface area contributed by atoms with Crippen LogP contribution in [0.2, 0.25) is 10.0 Å². The molecule has 0 aliphatic carbocycles. The van der Waals surface area contributed by atoms with Crippen LogP contribution < -0.4 is 10.1 Å². The van der Waals surface area contributed by atoms with E-state index in [1.807, 2.05) is 6.07 Å². The summed E-state index contributed by atoms with van der Waals surface area (Å²) in [5, 5.41) is 3.89. The number of likely N-dealkylation sites (N-methyl/N-ethyl adjacent to an activating group) is 1. The molecule has 1 saturated heterocycles. The van der Waals surface area contributed by atoms with E-state index in [-0.39, 0.29) is 24.0 Å². The maximum atomic E-state index is 14.3. The third kappa shape index (κ3) is 6.36. The molecule has 222 valence electrons. The van der Waals surface area contributed by atoms with Crippen LogP contribution in [0, 0.1) is 11.6 Å². The Kier molecular flexibility index (Phi) is 8.97. The van der Waals surface area contributed by atoms with E-state index in [4.69, 9.17) is 32.7 Å². The van der Waals surface area contributed by atoms with Crippen LogP contribution in [0.3, 0.4) is 0 Å². The van der Waals surface area contributed by atoms with Gasteiger partial charge in [-0.2, -0.15) is 0 Å². The number of halogens is 4. The van der Waals surface area contributed by atoms with Gasteiger partial charge in [0.1, 0.15) is 11.4 Å². The number of carbonyl (C=O) groups is 1. The summed E-state index contributed by atoms with van der Waals surface area (Å²) in [5.41, 5.74) is 2.38. The summed E-state index contributed by atoms with van der Waals surface area (Å²) in [6.07, 6.45) is 1.84. The predicted octanol–water partition coefficient (Wildman–Crippen LogP) is 7.32. The molecule has 2 aliphatic heterocycles. The number of rotatable bonds is 8. The highest BCUT2D eigenvalue weighted by Crippen LogP contribution is 2.45. The molecule has 1 fully saturated rings. The minimum absolute atomic E-state index is 0.111. The summed E-state index contributed by atoms with van der Waals surface area (Å²) in [7, 11) is 3.12. The van der Waals surface area contributed by atoms with E-state index in [9.17, 15) is 13.6 Å². The first kappa shape index (κ1) is 30.1. The van der Waals surface area contributed by atoms with Crippen molar-refractivity contribution in [3.05, 3.63) is 105 Å². The van der Waals surface area contributed by atoms with Crippen molar-refractivity contribution in [3.63, 3.8) is 0 Å². The molecule has 1 N–H and O–H groups in total. The highest BCUT2D eigenvalue weighted by atomic mass is 35.5. The molecule has 2 aliphatic rings. The number of carbonyl (C=O) groups excluding carboxylic acids is 1. The van der Waals surface area contributed by atoms with Crippen LogP contribution in [0.1, 0.15) is 41.9 Å². The zero-order valence-electron chi connectivity index (χ0n) is 23.6. The van der Waals surface area contributed by atoms with E-state index < -0.39 is 17.3 Å². The number of fused-ring (bicyclic) bond motifs is 2. The molecule has 0 aromatic heterocycles. The van der Waals surface area contributed by atoms with Gasteiger partial charge in [0.25, 0.3) is 0 Å². The molecule has 1 amide bonds. The van der Waals surface area contributed by atoms with Crippen LogP contribution in [0.15, 0.2) is 67.1 Å². The van der Waals surface area contributed by atoms with E-state index in [1.54, 1.807) is 42.3 Å². The zero-order chi connectivity index (χ0) is 30.0. The number of ether oxygens (including phenoxy) is 2. The Morgan fingerprint density at radius 2 is 1.88 bits per heavy atom. The summed E-state index contributed by atoms with van der Waals surface area (Å²) < 4.78 is 39.7.